The molecule has 0 radical (unpaired) electrons. The summed E-state index contributed by atoms with van der Waals surface area (Å²) < 4.78 is 4.58. The second-order valence-electron chi connectivity index (χ2n) is 1.97. The van der Waals surface area contributed by atoms with Crippen molar-refractivity contribution in [1.29, 1.82) is 0 Å². The molecule has 0 atom stereocenters. The van der Waals surface area contributed by atoms with Crippen LogP contribution in [0.4, 0.5) is 0 Å². The molecular weight excluding hydrogens is 166 g/mol. The first-order chi connectivity index (χ1) is 5.66. The zero-order chi connectivity index (χ0) is 9.40. The van der Waals surface area contributed by atoms with Gasteiger partial charge < -0.3 is 9.57 Å². The number of ether oxygens (including phenoxy) is 1. The van der Waals surface area contributed by atoms with Gasteiger partial charge in [-0.2, -0.15) is 0 Å². The van der Waals surface area contributed by atoms with Gasteiger partial charge in [0, 0.05) is 6.42 Å². The third kappa shape index (κ3) is 6.79. The first kappa shape index (κ1) is 10.7. The molecule has 0 aliphatic carbocycles. The van der Waals surface area contributed by atoms with Crippen molar-refractivity contribution in [3.63, 3.8) is 0 Å². The molecule has 0 saturated carbocycles. The molecule has 0 saturated heterocycles. The van der Waals surface area contributed by atoms with Crippen LogP contribution in [-0.4, -0.2) is 24.3 Å². The van der Waals surface area contributed by atoms with Gasteiger partial charge in [-0.3, -0.25) is 4.79 Å². The lowest BCUT2D eigenvalue weighted by Crippen LogP contribution is -2.07. The van der Waals surface area contributed by atoms with E-state index in [0.717, 1.165) is 0 Å². The molecule has 70 valence electrons. The molecule has 0 N–H and O–H groups in total. The minimum absolute atomic E-state index is 0.0637. The maximum absolute atomic E-state index is 10.6. The van der Waals surface area contributed by atoms with Gasteiger partial charge in [0.25, 0.3) is 5.09 Å². The molecule has 0 unspecified atom stereocenters. The SMILES string of the molecule is CCOC(=O)CCCO[N+](=O)[O-]. The van der Waals surface area contributed by atoms with Crippen LogP contribution in [0.3, 0.4) is 0 Å². The molecule has 0 aliphatic heterocycles. The van der Waals surface area contributed by atoms with Crippen molar-refractivity contribution in [2.45, 2.75) is 19.8 Å². The Labute approximate surface area is 69.6 Å². The monoisotopic (exact) mass is 177 g/mol. The molecule has 0 fully saturated rings. The molecule has 0 aromatic carbocycles. The number of hydrogen-bond acceptors (Lipinski definition) is 5. The number of carbonyl (C=O) groups excluding carboxylic acids is 1. The highest BCUT2D eigenvalue weighted by molar-refractivity contribution is 5.69. The summed E-state index contributed by atoms with van der Waals surface area (Å²) >= 11 is 0. The molecule has 0 aromatic heterocycles. The summed E-state index contributed by atoms with van der Waals surface area (Å²) in [6, 6.07) is 0. The van der Waals surface area contributed by atoms with Gasteiger partial charge in [0.1, 0.15) is 0 Å². The lowest BCUT2D eigenvalue weighted by atomic mass is 10.3. The minimum atomic E-state index is -0.884. The normalized spacial score (nSPS) is 9.08. The predicted molar refractivity (Wildman–Crippen MR) is 38.8 cm³/mol. The Morgan fingerprint density at radius 1 is 1.58 bits per heavy atom. The molecule has 0 aromatic rings. The summed E-state index contributed by atoms with van der Waals surface area (Å²) in [4.78, 5) is 24.3. The molecule has 12 heavy (non-hydrogen) atoms. The number of nitrogens with zero attached hydrogens (tertiary/aromatic N) is 1. The van der Waals surface area contributed by atoms with Gasteiger partial charge in [-0.25, -0.2) is 0 Å². The Balaban J connectivity index is 3.19. The fourth-order valence-electron chi connectivity index (χ4n) is 0.589. The lowest BCUT2D eigenvalue weighted by Gasteiger charge is -2.00. The van der Waals surface area contributed by atoms with E-state index in [4.69, 9.17) is 0 Å². The van der Waals surface area contributed by atoms with Crippen LogP contribution in [0.15, 0.2) is 0 Å². The maximum Gasteiger partial charge on any atom is 0.305 e. The standard InChI is InChI=1S/C6H11NO5/c1-2-11-6(8)4-3-5-12-7(9)10/h2-5H2,1H3. The topological polar surface area (TPSA) is 78.7 Å². The zero-order valence-corrected chi connectivity index (χ0v) is 6.82. The van der Waals surface area contributed by atoms with Crippen molar-refractivity contribution >= 4 is 5.97 Å². The van der Waals surface area contributed by atoms with E-state index in [9.17, 15) is 14.9 Å². The molecule has 6 heteroatoms. The first-order valence-electron chi connectivity index (χ1n) is 3.59. The fraction of sp³-hybridized carbons (Fsp3) is 0.833. The second kappa shape index (κ2) is 6.38. The van der Waals surface area contributed by atoms with Crippen LogP contribution in [0.5, 0.6) is 0 Å². The zero-order valence-electron chi connectivity index (χ0n) is 6.82. The van der Waals surface area contributed by atoms with E-state index in [0.29, 0.717) is 13.0 Å². The quantitative estimate of drug-likeness (QED) is 0.256. The number of carbonyl (C=O) groups is 1. The highest BCUT2D eigenvalue weighted by Gasteiger charge is 2.01. The van der Waals surface area contributed by atoms with Crippen LogP contribution in [0.25, 0.3) is 0 Å². The molecule has 0 spiro atoms. The highest BCUT2D eigenvalue weighted by Crippen LogP contribution is 1.93. The minimum Gasteiger partial charge on any atom is -0.466 e. The van der Waals surface area contributed by atoms with Crippen molar-refractivity contribution in [3.05, 3.63) is 10.1 Å². The van der Waals surface area contributed by atoms with E-state index in [2.05, 4.69) is 9.57 Å². The maximum atomic E-state index is 10.6. The van der Waals surface area contributed by atoms with Crippen molar-refractivity contribution in [2.75, 3.05) is 13.2 Å². The summed E-state index contributed by atoms with van der Waals surface area (Å²) in [7, 11) is 0. The molecule has 0 heterocycles. The third-order valence-electron chi connectivity index (χ3n) is 1.03. The largest absolute Gasteiger partial charge is 0.466 e. The van der Waals surface area contributed by atoms with Crippen molar-refractivity contribution in [3.8, 4) is 0 Å². The van der Waals surface area contributed by atoms with Gasteiger partial charge in [-0.15, -0.1) is 10.1 Å². The number of esters is 1. The van der Waals surface area contributed by atoms with Gasteiger partial charge in [-0.1, -0.05) is 0 Å². The fourth-order valence-corrected chi connectivity index (χ4v) is 0.589. The van der Waals surface area contributed by atoms with Crippen LogP contribution in [0, 0.1) is 10.1 Å². The molecule has 0 rings (SSSR count). The summed E-state index contributed by atoms with van der Waals surface area (Å²) in [5, 5.41) is 8.75. The van der Waals surface area contributed by atoms with Crippen LogP contribution in [-0.2, 0) is 14.4 Å². The van der Waals surface area contributed by atoms with Gasteiger partial charge in [0.15, 0.2) is 0 Å². The first-order valence-corrected chi connectivity index (χ1v) is 3.59. The van der Waals surface area contributed by atoms with E-state index in [1.54, 1.807) is 6.92 Å². The summed E-state index contributed by atoms with van der Waals surface area (Å²) in [5.74, 6) is -0.357. The van der Waals surface area contributed by atoms with Crippen molar-refractivity contribution in [1.82, 2.24) is 0 Å². The van der Waals surface area contributed by atoms with E-state index >= 15 is 0 Å². The van der Waals surface area contributed by atoms with Gasteiger partial charge in [-0.05, 0) is 13.3 Å². The average molecular weight is 177 g/mol. The third-order valence-corrected chi connectivity index (χ3v) is 1.03. The van der Waals surface area contributed by atoms with Crippen molar-refractivity contribution < 1.29 is 19.5 Å². The summed E-state index contributed by atoms with van der Waals surface area (Å²) in [6.45, 7) is 1.96. The predicted octanol–water partition coefficient (Wildman–Crippen LogP) is 0.538. The Hall–Kier alpha value is -1.33. The summed E-state index contributed by atoms with van der Waals surface area (Å²) in [5.41, 5.74) is 0. The van der Waals surface area contributed by atoms with Crippen LogP contribution >= 0.6 is 0 Å². The smallest absolute Gasteiger partial charge is 0.305 e. The van der Waals surface area contributed by atoms with Crippen LogP contribution < -0.4 is 0 Å². The van der Waals surface area contributed by atoms with E-state index in [-0.39, 0.29) is 19.0 Å². The molecule has 6 nitrogen and oxygen atoms in total. The second-order valence-corrected chi connectivity index (χ2v) is 1.97. The number of rotatable bonds is 6. The van der Waals surface area contributed by atoms with E-state index in [1.807, 2.05) is 0 Å². The Morgan fingerprint density at radius 2 is 2.25 bits per heavy atom. The molecular formula is C6H11NO5. The van der Waals surface area contributed by atoms with Gasteiger partial charge >= 0.3 is 5.97 Å². The molecule has 0 aliphatic rings. The highest BCUT2D eigenvalue weighted by atomic mass is 16.9. The summed E-state index contributed by atoms with van der Waals surface area (Å²) in [6.07, 6.45) is 0.460. The van der Waals surface area contributed by atoms with Crippen LogP contribution in [0.1, 0.15) is 19.8 Å². The van der Waals surface area contributed by atoms with Crippen LogP contribution in [0.2, 0.25) is 0 Å². The average Bonchev–Trinajstić information content (AvgIpc) is 1.98. The van der Waals surface area contributed by atoms with E-state index in [1.165, 1.54) is 0 Å². The van der Waals surface area contributed by atoms with Gasteiger partial charge in [0.2, 0.25) is 0 Å². The van der Waals surface area contributed by atoms with E-state index < -0.39 is 5.09 Å². The van der Waals surface area contributed by atoms with Crippen molar-refractivity contribution in [2.24, 2.45) is 0 Å². The Bertz CT molecular complexity index is 158. The number of hydrogen-bond donors (Lipinski definition) is 0. The molecule has 0 bridgehead atoms. The van der Waals surface area contributed by atoms with Gasteiger partial charge in [0.05, 0.1) is 13.2 Å². The lowest BCUT2D eigenvalue weighted by molar-refractivity contribution is -0.757. The Kier molecular flexibility index (Phi) is 5.68. The Morgan fingerprint density at radius 3 is 2.75 bits per heavy atom. The molecule has 0 amide bonds.